The molecule has 0 saturated carbocycles. The van der Waals surface area contributed by atoms with Crippen LogP contribution in [-0.2, 0) is 0 Å². The molecule has 0 aromatic rings. The van der Waals surface area contributed by atoms with Gasteiger partial charge in [-0.3, -0.25) is 4.90 Å². The molecule has 15 heavy (non-hydrogen) atoms. The summed E-state index contributed by atoms with van der Waals surface area (Å²) in [5.74, 6) is 0. The molecular weight excluding hydrogens is 188 g/mol. The van der Waals surface area contributed by atoms with Gasteiger partial charge >= 0.3 is 0 Å². The molecule has 2 aliphatic heterocycles. The van der Waals surface area contributed by atoms with Crippen molar-refractivity contribution in [1.82, 2.24) is 10.2 Å². The average molecular weight is 212 g/mol. The van der Waals surface area contributed by atoms with Crippen LogP contribution < -0.4 is 5.32 Å². The molecule has 2 unspecified atom stereocenters. The Morgan fingerprint density at radius 2 is 2.07 bits per heavy atom. The SMILES string of the molecule is OCCCCCNC1CCN2CCCC12. The minimum Gasteiger partial charge on any atom is -0.396 e. The van der Waals surface area contributed by atoms with Gasteiger partial charge in [0.05, 0.1) is 0 Å². The van der Waals surface area contributed by atoms with Crippen LogP contribution in [0.2, 0.25) is 0 Å². The van der Waals surface area contributed by atoms with E-state index in [2.05, 4.69) is 10.2 Å². The molecule has 0 aromatic carbocycles. The van der Waals surface area contributed by atoms with Gasteiger partial charge < -0.3 is 10.4 Å². The van der Waals surface area contributed by atoms with E-state index in [0.29, 0.717) is 6.61 Å². The van der Waals surface area contributed by atoms with Gasteiger partial charge in [-0.25, -0.2) is 0 Å². The molecule has 2 fully saturated rings. The Balaban J connectivity index is 1.59. The van der Waals surface area contributed by atoms with Crippen LogP contribution in [0.25, 0.3) is 0 Å². The molecule has 2 atom stereocenters. The van der Waals surface area contributed by atoms with Crippen molar-refractivity contribution < 1.29 is 5.11 Å². The van der Waals surface area contributed by atoms with Crippen LogP contribution in [0.5, 0.6) is 0 Å². The molecule has 2 saturated heterocycles. The fourth-order valence-corrected chi connectivity index (χ4v) is 3.02. The molecule has 2 rings (SSSR count). The average Bonchev–Trinajstić information content (AvgIpc) is 2.81. The summed E-state index contributed by atoms with van der Waals surface area (Å²) in [6, 6.07) is 1.59. The van der Waals surface area contributed by atoms with Gasteiger partial charge in [-0.2, -0.15) is 0 Å². The lowest BCUT2D eigenvalue weighted by Gasteiger charge is -2.21. The van der Waals surface area contributed by atoms with Crippen molar-refractivity contribution >= 4 is 0 Å². The van der Waals surface area contributed by atoms with E-state index in [4.69, 9.17) is 5.11 Å². The number of nitrogens with one attached hydrogen (secondary N) is 1. The quantitative estimate of drug-likeness (QED) is 0.644. The van der Waals surface area contributed by atoms with E-state index in [1.54, 1.807) is 0 Å². The van der Waals surface area contributed by atoms with Crippen molar-refractivity contribution in [2.75, 3.05) is 26.2 Å². The van der Waals surface area contributed by atoms with Crippen LogP contribution >= 0.6 is 0 Å². The summed E-state index contributed by atoms with van der Waals surface area (Å²) >= 11 is 0. The standard InChI is InChI=1S/C12H24N2O/c15-10-3-1-2-7-13-11-6-9-14-8-4-5-12(11)14/h11-13,15H,1-10H2. The maximum Gasteiger partial charge on any atom is 0.0431 e. The third-order valence-corrected chi connectivity index (χ3v) is 3.85. The Morgan fingerprint density at radius 3 is 2.93 bits per heavy atom. The van der Waals surface area contributed by atoms with Crippen molar-refractivity contribution in [3.63, 3.8) is 0 Å². The monoisotopic (exact) mass is 212 g/mol. The molecule has 3 nitrogen and oxygen atoms in total. The van der Waals surface area contributed by atoms with Gasteiger partial charge in [0.2, 0.25) is 0 Å². The second-order valence-electron chi connectivity index (χ2n) is 4.88. The molecule has 0 bridgehead atoms. The fourth-order valence-electron chi connectivity index (χ4n) is 3.02. The number of aliphatic hydroxyl groups excluding tert-OH is 1. The fraction of sp³-hybridized carbons (Fsp3) is 1.00. The number of unbranched alkanes of at least 4 members (excludes halogenated alkanes) is 2. The van der Waals surface area contributed by atoms with Crippen molar-refractivity contribution in [3.8, 4) is 0 Å². The molecule has 0 amide bonds. The summed E-state index contributed by atoms with van der Waals surface area (Å²) in [6.45, 7) is 4.11. The summed E-state index contributed by atoms with van der Waals surface area (Å²) in [4.78, 5) is 2.64. The highest BCUT2D eigenvalue weighted by Gasteiger charge is 2.36. The van der Waals surface area contributed by atoms with Gasteiger partial charge in [0.1, 0.15) is 0 Å². The maximum atomic E-state index is 8.67. The Morgan fingerprint density at radius 1 is 1.13 bits per heavy atom. The molecule has 88 valence electrons. The summed E-state index contributed by atoms with van der Waals surface area (Å²) in [6.07, 6.45) is 7.46. The van der Waals surface area contributed by atoms with Gasteiger partial charge in [-0.05, 0) is 51.6 Å². The van der Waals surface area contributed by atoms with Crippen molar-refractivity contribution in [2.45, 2.75) is 50.6 Å². The Bertz CT molecular complexity index is 186. The lowest BCUT2D eigenvalue weighted by Crippen LogP contribution is -2.39. The van der Waals surface area contributed by atoms with Crippen LogP contribution in [0, 0.1) is 0 Å². The molecule has 2 heterocycles. The van der Waals surface area contributed by atoms with Crippen LogP contribution in [0.15, 0.2) is 0 Å². The first-order valence-electron chi connectivity index (χ1n) is 6.50. The van der Waals surface area contributed by atoms with E-state index in [1.165, 1.54) is 38.8 Å². The normalized spacial score (nSPS) is 31.0. The van der Waals surface area contributed by atoms with Gasteiger partial charge in [0.15, 0.2) is 0 Å². The van der Waals surface area contributed by atoms with E-state index in [-0.39, 0.29) is 0 Å². The molecule has 0 aromatic heterocycles. The highest BCUT2D eigenvalue weighted by molar-refractivity contribution is 4.95. The van der Waals surface area contributed by atoms with E-state index >= 15 is 0 Å². The van der Waals surface area contributed by atoms with Crippen LogP contribution in [-0.4, -0.2) is 48.3 Å². The zero-order valence-electron chi connectivity index (χ0n) is 9.62. The van der Waals surface area contributed by atoms with Crippen molar-refractivity contribution in [3.05, 3.63) is 0 Å². The lowest BCUT2D eigenvalue weighted by molar-refractivity contribution is 0.280. The van der Waals surface area contributed by atoms with Gasteiger partial charge in [0.25, 0.3) is 0 Å². The third-order valence-electron chi connectivity index (χ3n) is 3.85. The zero-order valence-corrected chi connectivity index (χ0v) is 9.62. The Labute approximate surface area is 92.8 Å². The summed E-state index contributed by atoms with van der Waals surface area (Å²) in [7, 11) is 0. The Kier molecular flexibility index (Phi) is 4.42. The molecule has 3 heteroatoms. The molecule has 0 spiro atoms. The van der Waals surface area contributed by atoms with Gasteiger partial charge in [0, 0.05) is 25.2 Å². The van der Waals surface area contributed by atoms with Gasteiger partial charge in [-0.1, -0.05) is 0 Å². The second kappa shape index (κ2) is 5.83. The summed E-state index contributed by atoms with van der Waals surface area (Å²) in [5, 5.41) is 12.4. The summed E-state index contributed by atoms with van der Waals surface area (Å²) in [5.41, 5.74) is 0. The van der Waals surface area contributed by atoms with E-state index < -0.39 is 0 Å². The first-order valence-corrected chi connectivity index (χ1v) is 6.50. The smallest absolute Gasteiger partial charge is 0.0431 e. The minimum atomic E-state index is 0.347. The molecular formula is C12H24N2O. The van der Waals surface area contributed by atoms with Crippen molar-refractivity contribution in [2.24, 2.45) is 0 Å². The maximum absolute atomic E-state index is 8.67. The number of nitrogens with zero attached hydrogens (tertiary/aromatic N) is 1. The predicted molar refractivity (Wildman–Crippen MR) is 61.9 cm³/mol. The predicted octanol–water partition coefficient (Wildman–Crippen LogP) is 0.975. The highest BCUT2D eigenvalue weighted by atomic mass is 16.2. The molecule has 2 N–H and O–H groups in total. The second-order valence-corrected chi connectivity index (χ2v) is 4.88. The number of hydrogen-bond acceptors (Lipinski definition) is 3. The largest absolute Gasteiger partial charge is 0.396 e. The van der Waals surface area contributed by atoms with Crippen LogP contribution in [0.1, 0.15) is 38.5 Å². The highest BCUT2D eigenvalue weighted by Crippen LogP contribution is 2.27. The molecule has 0 aliphatic carbocycles. The number of aliphatic hydroxyl groups is 1. The first-order chi connectivity index (χ1) is 7.42. The molecule has 2 aliphatic rings. The summed E-state index contributed by atoms with van der Waals surface area (Å²) < 4.78 is 0. The minimum absolute atomic E-state index is 0.347. The van der Waals surface area contributed by atoms with E-state index in [9.17, 15) is 0 Å². The Hall–Kier alpha value is -0.120. The van der Waals surface area contributed by atoms with E-state index in [1.807, 2.05) is 0 Å². The van der Waals surface area contributed by atoms with E-state index in [0.717, 1.165) is 31.5 Å². The third kappa shape index (κ3) is 2.92. The zero-order chi connectivity index (χ0) is 10.5. The first kappa shape index (κ1) is 11.4. The van der Waals surface area contributed by atoms with Crippen molar-refractivity contribution in [1.29, 1.82) is 0 Å². The van der Waals surface area contributed by atoms with Crippen LogP contribution in [0.4, 0.5) is 0 Å². The van der Waals surface area contributed by atoms with Crippen LogP contribution in [0.3, 0.4) is 0 Å². The number of fused-ring (bicyclic) bond motifs is 1. The lowest BCUT2D eigenvalue weighted by atomic mass is 10.1. The topological polar surface area (TPSA) is 35.5 Å². The van der Waals surface area contributed by atoms with Gasteiger partial charge in [-0.15, -0.1) is 0 Å². The molecule has 0 radical (unpaired) electrons. The number of hydrogen-bond donors (Lipinski definition) is 2. The number of rotatable bonds is 6.